The second-order valence-corrected chi connectivity index (χ2v) is 5.31. The minimum absolute atomic E-state index is 0.0575. The number of rotatable bonds is 2. The SMILES string of the molecule is CNC1(c2nc(C)c(C)s2)CCOCC1. The van der Waals surface area contributed by atoms with Gasteiger partial charge in [-0.3, -0.25) is 0 Å². The van der Waals surface area contributed by atoms with Crippen molar-refractivity contribution in [2.75, 3.05) is 20.3 Å². The molecule has 0 atom stereocenters. The van der Waals surface area contributed by atoms with E-state index in [9.17, 15) is 0 Å². The summed E-state index contributed by atoms with van der Waals surface area (Å²) < 4.78 is 5.42. The lowest BCUT2D eigenvalue weighted by molar-refractivity contribution is 0.0397. The average Bonchev–Trinajstić information content (AvgIpc) is 2.61. The van der Waals surface area contributed by atoms with Crippen LogP contribution < -0.4 is 5.32 Å². The molecule has 1 aliphatic heterocycles. The van der Waals surface area contributed by atoms with Crippen molar-refractivity contribution in [3.63, 3.8) is 0 Å². The molecule has 15 heavy (non-hydrogen) atoms. The molecule has 0 aliphatic carbocycles. The van der Waals surface area contributed by atoms with Gasteiger partial charge in [0, 0.05) is 18.1 Å². The van der Waals surface area contributed by atoms with Gasteiger partial charge < -0.3 is 10.1 Å². The van der Waals surface area contributed by atoms with Gasteiger partial charge >= 0.3 is 0 Å². The summed E-state index contributed by atoms with van der Waals surface area (Å²) in [7, 11) is 2.03. The fourth-order valence-corrected chi connectivity index (χ4v) is 3.14. The van der Waals surface area contributed by atoms with Gasteiger partial charge in [-0.2, -0.15) is 0 Å². The molecule has 2 rings (SSSR count). The predicted molar refractivity (Wildman–Crippen MR) is 62.4 cm³/mol. The number of thiazole rings is 1. The van der Waals surface area contributed by atoms with Gasteiger partial charge in [-0.25, -0.2) is 4.98 Å². The van der Waals surface area contributed by atoms with E-state index < -0.39 is 0 Å². The van der Waals surface area contributed by atoms with Crippen molar-refractivity contribution in [2.45, 2.75) is 32.2 Å². The normalized spacial score (nSPS) is 20.5. The molecule has 3 nitrogen and oxygen atoms in total. The third-order valence-electron chi connectivity index (χ3n) is 3.26. The van der Waals surface area contributed by atoms with Crippen molar-refractivity contribution in [1.29, 1.82) is 0 Å². The molecule has 0 unspecified atom stereocenters. The van der Waals surface area contributed by atoms with Crippen molar-refractivity contribution in [3.05, 3.63) is 15.6 Å². The zero-order valence-corrected chi connectivity index (χ0v) is 10.4. The quantitative estimate of drug-likeness (QED) is 0.837. The first-order valence-corrected chi connectivity index (χ1v) is 6.21. The van der Waals surface area contributed by atoms with E-state index in [1.54, 1.807) is 0 Å². The van der Waals surface area contributed by atoms with E-state index in [1.165, 1.54) is 9.88 Å². The van der Waals surface area contributed by atoms with Crippen LogP contribution in [0.1, 0.15) is 28.4 Å². The first-order chi connectivity index (χ1) is 7.18. The smallest absolute Gasteiger partial charge is 0.113 e. The van der Waals surface area contributed by atoms with Crippen LogP contribution in [0.5, 0.6) is 0 Å². The molecule has 2 heterocycles. The number of aromatic nitrogens is 1. The lowest BCUT2D eigenvalue weighted by Gasteiger charge is -2.35. The van der Waals surface area contributed by atoms with Gasteiger partial charge in [0.05, 0.1) is 11.2 Å². The molecular formula is C11H18N2OS. The summed E-state index contributed by atoms with van der Waals surface area (Å²) in [6.07, 6.45) is 2.05. The second kappa shape index (κ2) is 4.20. The van der Waals surface area contributed by atoms with Gasteiger partial charge in [0.25, 0.3) is 0 Å². The highest BCUT2D eigenvalue weighted by molar-refractivity contribution is 7.11. The number of hydrogen-bond acceptors (Lipinski definition) is 4. The summed E-state index contributed by atoms with van der Waals surface area (Å²) >= 11 is 1.82. The molecule has 1 aliphatic rings. The van der Waals surface area contributed by atoms with E-state index in [0.717, 1.165) is 31.7 Å². The van der Waals surface area contributed by atoms with E-state index in [-0.39, 0.29) is 5.54 Å². The van der Waals surface area contributed by atoms with Gasteiger partial charge in [0.2, 0.25) is 0 Å². The summed E-state index contributed by atoms with van der Waals surface area (Å²) in [5, 5.41) is 4.67. The Morgan fingerprint density at radius 1 is 1.33 bits per heavy atom. The maximum Gasteiger partial charge on any atom is 0.113 e. The Labute approximate surface area is 94.9 Å². The Kier molecular flexibility index (Phi) is 3.09. The molecule has 1 N–H and O–H groups in total. The van der Waals surface area contributed by atoms with Gasteiger partial charge in [-0.05, 0) is 33.7 Å². The highest BCUT2D eigenvalue weighted by Gasteiger charge is 2.35. The van der Waals surface area contributed by atoms with Crippen LogP contribution in [-0.4, -0.2) is 25.2 Å². The van der Waals surface area contributed by atoms with Crippen LogP contribution in [-0.2, 0) is 10.3 Å². The fraction of sp³-hybridized carbons (Fsp3) is 0.727. The third kappa shape index (κ3) is 1.94. The van der Waals surface area contributed by atoms with E-state index in [4.69, 9.17) is 4.74 Å². The maximum absolute atomic E-state index is 5.42. The van der Waals surface area contributed by atoms with Crippen LogP contribution in [0.25, 0.3) is 0 Å². The second-order valence-electron chi connectivity index (χ2n) is 4.11. The number of ether oxygens (including phenoxy) is 1. The van der Waals surface area contributed by atoms with Crippen LogP contribution >= 0.6 is 11.3 Å². The number of aryl methyl sites for hydroxylation is 2. The van der Waals surface area contributed by atoms with Crippen molar-refractivity contribution in [2.24, 2.45) is 0 Å². The molecular weight excluding hydrogens is 208 g/mol. The standard InChI is InChI=1S/C11H18N2OS/c1-8-9(2)15-10(13-8)11(12-3)4-6-14-7-5-11/h12H,4-7H2,1-3H3. The summed E-state index contributed by atoms with van der Waals surface area (Å²) in [4.78, 5) is 6.00. The first-order valence-electron chi connectivity index (χ1n) is 5.39. The number of nitrogens with zero attached hydrogens (tertiary/aromatic N) is 1. The summed E-state index contributed by atoms with van der Waals surface area (Å²) in [6, 6.07) is 0. The lowest BCUT2D eigenvalue weighted by atomic mass is 9.91. The Hall–Kier alpha value is -0.450. The molecule has 0 aromatic carbocycles. The predicted octanol–water partition coefficient (Wildman–Crippen LogP) is 1.99. The zero-order valence-electron chi connectivity index (χ0n) is 9.59. The van der Waals surface area contributed by atoms with Gasteiger partial charge in [-0.1, -0.05) is 0 Å². The Morgan fingerprint density at radius 2 is 2.00 bits per heavy atom. The van der Waals surface area contributed by atoms with E-state index in [0.29, 0.717) is 0 Å². The summed E-state index contributed by atoms with van der Waals surface area (Å²) in [5.41, 5.74) is 1.22. The molecule has 0 radical (unpaired) electrons. The Balaban J connectivity index is 2.32. The summed E-state index contributed by atoms with van der Waals surface area (Å²) in [6.45, 7) is 5.88. The van der Waals surface area contributed by atoms with Gasteiger partial charge in [-0.15, -0.1) is 11.3 Å². The molecule has 1 saturated heterocycles. The largest absolute Gasteiger partial charge is 0.381 e. The molecule has 4 heteroatoms. The van der Waals surface area contributed by atoms with Crippen LogP contribution in [0.2, 0.25) is 0 Å². The van der Waals surface area contributed by atoms with Crippen molar-refractivity contribution in [3.8, 4) is 0 Å². The highest BCUT2D eigenvalue weighted by Crippen LogP contribution is 2.35. The molecule has 84 valence electrons. The molecule has 0 amide bonds. The fourth-order valence-electron chi connectivity index (χ4n) is 1.97. The Morgan fingerprint density at radius 3 is 2.47 bits per heavy atom. The van der Waals surface area contributed by atoms with Crippen LogP contribution in [0.15, 0.2) is 0 Å². The van der Waals surface area contributed by atoms with E-state index in [2.05, 4.69) is 24.1 Å². The van der Waals surface area contributed by atoms with E-state index in [1.807, 2.05) is 18.4 Å². The Bertz CT molecular complexity index is 323. The topological polar surface area (TPSA) is 34.2 Å². The van der Waals surface area contributed by atoms with Crippen LogP contribution in [0.3, 0.4) is 0 Å². The summed E-state index contributed by atoms with van der Waals surface area (Å²) in [5.74, 6) is 0. The zero-order chi connectivity index (χ0) is 10.9. The molecule has 1 aromatic rings. The van der Waals surface area contributed by atoms with Gasteiger partial charge in [0.1, 0.15) is 5.01 Å². The third-order valence-corrected chi connectivity index (χ3v) is 4.54. The molecule has 0 spiro atoms. The minimum atomic E-state index is 0.0575. The average molecular weight is 226 g/mol. The van der Waals surface area contributed by atoms with Crippen molar-refractivity contribution in [1.82, 2.24) is 10.3 Å². The van der Waals surface area contributed by atoms with Crippen LogP contribution in [0.4, 0.5) is 0 Å². The maximum atomic E-state index is 5.42. The number of hydrogen-bond donors (Lipinski definition) is 1. The monoisotopic (exact) mass is 226 g/mol. The minimum Gasteiger partial charge on any atom is -0.381 e. The number of nitrogens with one attached hydrogen (secondary N) is 1. The van der Waals surface area contributed by atoms with Gasteiger partial charge in [0.15, 0.2) is 0 Å². The van der Waals surface area contributed by atoms with Crippen LogP contribution in [0, 0.1) is 13.8 Å². The highest BCUT2D eigenvalue weighted by atomic mass is 32.1. The molecule has 1 fully saturated rings. The first kappa shape index (κ1) is 11.0. The van der Waals surface area contributed by atoms with Crippen molar-refractivity contribution < 1.29 is 4.74 Å². The van der Waals surface area contributed by atoms with E-state index >= 15 is 0 Å². The molecule has 0 bridgehead atoms. The molecule has 0 saturated carbocycles. The molecule has 1 aromatic heterocycles. The van der Waals surface area contributed by atoms with Crippen molar-refractivity contribution >= 4 is 11.3 Å². The lowest BCUT2D eigenvalue weighted by Crippen LogP contribution is -2.44.